The lowest BCUT2D eigenvalue weighted by molar-refractivity contribution is -0.141. The summed E-state index contributed by atoms with van der Waals surface area (Å²) in [7, 11) is -0.928. The number of rotatable bonds is 12. The van der Waals surface area contributed by atoms with Crippen LogP contribution >= 0.6 is 0 Å². The van der Waals surface area contributed by atoms with Gasteiger partial charge in [-0.25, -0.2) is 8.42 Å². The average Bonchev–Trinajstić information content (AvgIpc) is 2.84. The maximum atomic E-state index is 13.5. The number of sulfonamides is 1. The molecular formula is C26H37N3O5S. The number of nitrogens with zero attached hydrogens (tertiary/aromatic N) is 2. The van der Waals surface area contributed by atoms with Crippen molar-refractivity contribution in [3.8, 4) is 5.75 Å². The topological polar surface area (TPSA) is 96.0 Å². The minimum absolute atomic E-state index is 0.0425. The number of ether oxygens (including phenoxy) is 1. The highest BCUT2D eigenvalue weighted by Crippen LogP contribution is 2.19. The van der Waals surface area contributed by atoms with Crippen molar-refractivity contribution in [1.82, 2.24) is 14.5 Å². The molecule has 2 amide bonds. The lowest BCUT2D eigenvalue weighted by Gasteiger charge is -2.32. The van der Waals surface area contributed by atoms with Crippen LogP contribution in [0.25, 0.3) is 0 Å². The first-order valence-corrected chi connectivity index (χ1v) is 13.2. The summed E-state index contributed by atoms with van der Waals surface area (Å²) < 4.78 is 32.3. The van der Waals surface area contributed by atoms with Crippen LogP contribution in [0.1, 0.15) is 44.7 Å². The minimum atomic E-state index is -3.87. The van der Waals surface area contributed by atoms with E-state index < -0.39 is 22.0 Å². The van der Waals surface area contributed by atoms with Crippen LogP contribution in [0.2, 0.25) is 0 Å². The van der Waals surface area contributed by atoms with Gasteiger partial charge in [-0.3, -0.25) is 9.59 Å². The van der Waals surface area contributed by atoms with E-state index in [1.54, 1.807) is 31.4 Å². The first kappa shape index (κ1) is 28.3. The molecule has 0 spiro atoms. The van der Waals surface area contributed by atoms with Gasteiger partial charge in [-0.05, 0) is 56.5 Å². The summed E-state index contributed by atoms with van der Waals surface area (Å²) >= 11 is 0. The molecule has 0 radical (unpaired) electrons. The van der Waals surface area contributed by atoms with E-state index in [4.69, 9.17) is 4.74 Å². The van der Waals surface area contributed by atoms with Gasteiger partial charge in [0, 0.05) is 19.6 Å². The molecule has 0 bridgehead atoms. The first-order chi connectivity index (χ1) is 16.5. The Hall–Kier alpha value is -2.91. The van der Waals surface area contributed by atoms with Gasteiger partial charge in [0.25, 0.3) is 0 Å². The molecule has 0 heterocycles. The van der Waals surface area contributed by atoms with Gasteiger partial charge in [-0.1, -0.05) is 43.7 Å². The quantitative estimate of drug-likeness (QED) is 0.479. The normalized spacial score (nSPS) is 13.2. The van der Waals surface area contributed by atoms with Gasteiger partial charge in [-0.15, -0.1) is 0 Å². The molecule has 0 fully saturated rings. The SMILES string of the molecule is CC[C@@H](C)NC(=O)[C@H](CC)N(Cc1ccc(OC)cc1)C(=O)CN(C)S(=O)(=O)c1ccc(C)cc1. The zero-order valence-electron chi connectivity index (χ0n) is 21.4. The highest BCUT2D eigenvalue weighted by Gasteiger charge is 2.32. The van der Waals surface area contributed by atoms with Gasteiger partial charge in [0.1, 0.15) is 11.8 Å². The Morgan fingerprint density at radius 3 is 2.11 bits per heavy atom. The summed E-state index contributed by atoms with van der Waals surface area (Å²) in [4.78, 5) is 28.1. The van der Waals surface area contributed by atoms with E-state index in [9.17, 15) is 18.0 Å². The monoisotopic (exact) mass is 503 g/mol. The van der Waals surface area contributed by atoms with Crippen molar-refractivity contribution in [2.24, 2.45) is 0 Å². The standard InChI is InChI=1S/C26H37N3O5S/c1-7-20(4)27-26(31)24(8-2)29(17-21-11-13-22(34-6)14-12-21)25(30)18-28(5)35(32,33)23-15-9-19(3)10-16-23/h9-16,20,24H,7-8,17-18H2,1-6H3,(H,27,31)/t20-,24+/m1/s1. The number of nitrogens with one attached hydrogen (secondary N) is 1. The van der Waals surface area contributed by atoms with Crippen LogP contribution in [-0.4, -0.2) is 62.2 Å². The molecule has 2 aromatic rings. The van der Waals surface area contributed by atoms with Crippen LogP contribution in [0, 0.1) is 6.92 Å². The third kappa shape index (κ3) is 7.53. The van der Waals surface area contributed by atoms with E-state index in [2.05, 4.69) is 5.32 Å². The van der Waals surface area contributed by atoms with Crippen LogP contribution in [0.4, 0.5) is 0 Å². The smallest absolute Gasteiger partial charge is 0.243 e. The number of aryl methyl sites for hydroxylation is 1. The molecule has 2 rings (SSSR count). The van der Waals surface area contributed by atoms with Gasteiger partial charge >= 0.3 is 0 Å². The summed E-state index contributed by atoms with van der Waals surface area (Å²) in [6, 6.07) is 12.9. The molecule has 35 heavy (non-hydrogen) atoms. The minimum Gasteiger partial charge on any atom is -0.497 e. The fraction of sp³-hybridized carbons (Fsp3) is 0.462. The van der Waals surface area contributed by atoms with Crippen molar-refractivity contribution in [3.05, 3.63) is 59.7 Å². The predicted molar refractivity (Wildman–Crippen MR) is 137 cm³/mol. The third-order valence-electron chi connectivity index (χ3n) is 5.99. The maximum Gasteiger partial charge on any atom is 0.243 e. The lowest BCUT2D eigenvalue weighted by Crippen LogP contribution is -2.53. The third-order valence-corrected chi connectivity index (χ3v) is 7.80. The number of benzene rings is 2. The van der Waals surface area contributed by atoms with Crippen molar-refractivity contribution in [1.29, 1.82) is 0 Å². The van der Waals surface area contributed by atoms with E-state index in [1.165, 1.54) is 24.1 Å². The molecule has 2 aromatic carbocycles. The molecule has 0 saturated carbocycles. The highest BCUT2D eigenvalue weighted by atomic mass is 32.2. The molecular weight excluding hydrogens is 466 g/mol. The Bertz CT molecular complexity index is 1080. The molecule has 1 N–H and O–H groups in total. The van der Waals surface area contributed by atoms with Gasteiger partial charge in [0.2, 0.25) is 21.8 Å². The Labute approximate surface area is 209 Å². The molecule has 0 aromatic heterocycles. The van der Waals surface area contributed by atoms with E-state index in [-0.39, 0.29) is 29.9 Å². The van der Waals surface area contributed by atoms with Crippen LogP contribution < -0.4 is 10.1 Å². The summed E-state index contributed by atoms with van der Waals surface area (Å²) in [5.74, 6) is -0.0324. The number of amides is 2. The van der Waals surface area contributed by atoms with Gasteiger partial charge in [0.05, 0.1) is 18.6 Å². The van der Waals surface area contributed by atoms with Crippen molar-refractivity contribution >= 4 is 21.8 Å². The summed E-state index contributed by atoms with van der Waals surface area (Å²) in [5, 5.41) is 2.95. The second kappa shape index (κ2) is 12.7. The summed E-state index contributed by atoms with van der Waals surface area (Å²) in [6.45, 7) is 7.35. The molecule has 0 saturated heterocycles. The van der Waals surface area contributed by atoms with Crippen LogP contribution in [-0.2, 0) is 26.2 Å². The Balaban J connectivity index is 2.32. The van der Waals surface area contributed by atoms with Crippen LogP contribution in [0.5, 0.6) is 5.75 Å². The lowest BCUT2D eigenvalue weighted by atomic mass is 10.1. The average molecular weight is 504 g/mol. The number of methoxy groups -OCH3 is 1. The van der Waals surface area contributed by atoms with Crippen LogP contribution in [0.3, 0.4) is 0 Å². The zero-order valence-corrected chi connectivity index (χ0v) is 22.3. The number of carbonyl (C=O) groups is 2. The zero-order chi connectivity index (χ0) is 26.2. The van der Waals surface area contributed by atoms with Crippen molar-refractivity contribution in [3.63, 3.8) is 0 Å². The number of carbonyl (C=O) groups excluding carboxylic acids is 2. The fourth-order valence-corrected chi connectivity index (χ4v) is 4.67. The van der Waals surface area contributed by atoms with Crippen molar-refractivity contribution in [2.75, 3.05) is 20.7 Å². The van der Waals surface area contributed by atoms with Crippen LogP contribution in [0.15, 0.2) is 53.4 Å². The molecule has 192 valence electrons. The van der Waals surface area contributed by atoms with Gasteiger partial charge < -0.3 is 15.0 Å². The van der Waals surface area contributed by atoms with E-state index in [0.717, 1.165) is 21.9 Å². The molecule has 9 heteroatoms. The Morgan fingerprint density at radius 1 is 1.00 bits per heavy atom. The maximum absolute atomic E-state index is 13.5. The summed E-state index contributed by atoms with van der Waals surface area (Å²) in [5.41, 5.74) is 1.74. The largest absolute Gasteiger partial charge is 0.497 e. The van der Waals surface area contributed by atoms with Crippen molar-refractivity contribution < 1.29 is 22.7 Å². The Morgan fingerprint density at radius 2 is 1.60 bits per heavy atom. The second-order valence-electron chi connectivity index (χ2n) is 8.69. The predicted octanol–water partition coefficient (Wildman–Crippen LogP) is 3.35. The molecule has 0 aliphatic heterocycles. The number of hydrogen-bond acceptors (Lipinski definition) is 5. The van der Waals surface area contributed by atoms with Gasteiger partial charge in [-0.2, -0.15) is 4.31 Å². The van der Waals surface area contributed by atoms with Gasteiger partial charge in [0.15, 0.2) is 0 Å². The first-order valence-electron chi connectivity index (χ1n) is 11.8. The number of hydrogen-bond donors (Lipinski definition) is 1. The molecule has 0 aliphatic carbocycles. The van der Waals surface area contributed by atoms with E-state index >= 15 is 0 Å². The van der Waals surface area contributed by atoms with E-state index in [1.807, 2.05) is 39.8 Å². The fourth-order valence-electron chi connectivity index (χ4n) is 3.54. The second-order valence-corrected chi connectivity index (χ2v) is 10.7. The van der Waals surface area contributed by atoms with E-state index in [0.29, 0.717) is 12.2 Å². The summed E-state index contributed by atoms with van der Waals surface area (Å²) in [6.07, 6.45) is 1.14. The Kier molecular flexibility index (Phi) is 10.3. The highest BCUT2D eigenvalue weighted by molar-refractivity contribution is 7.89. The van der Waals surface area contributed by atoms with Crippen molar-refractivity contribution in [2.45, 2.75) is 64.1 Å². The molecule has 2 atom stereocenters. The number of likely N-dealkylation sites (N-methyl/N-ethyl adjacent to an activating group) is 1. The molecule has 0 unspecified atom stereocenters. The molecule has 8 nitrogen and oxygen atoms in total. The molecule has 0 aliphatic rings.